The van der Waals surface area contributed by atoms with E-state index in [0.717, 1.165) is 11.1 Å². The first kappa shape index (κ1) is 19.4. The molecule has 1 aliphatic rings. The van der Waals surface area contributed by atoms with Crippen LogP contribution in [0.3, 0.4) is 0 Å². The highest BCUT2D eigenvalue weighted by atomic mass is 32.2. The van der Waals surface area contributed by atoms with Gasteiger partial charge < -0.3 is 10.6 Å². The quantitative estimate of drug-likeness (QED) is 0.827. The Bertz CT molecular complexity index is 882. The maximum Gasteiger partial charge on any atom is 0.316 e. The van der Waals surface area contributed by atoms with Crippen LogP contribution >= 0.6 is 0 Å². The van der Waals surface area contributed by atoms with Gasteiger partial charge in [0.15, 0.2) is 0 Å². The molecule has 0 bridgehead atoms. The summed E-state index contributed by atoms with van der Waals surface area (Å²) in [7, 11) is -3.64. The van der Waals surface area contributed by atoms with Gasteiger partial charge in [-0.3, -0.25) is 0 Å². The largest absolute Gasteiger partial charge is 0.332 e. The molecule has 1 saturated heterocycles. The molecule has 2 N–H and O–H groups in total. The molecule has 2 aromatic rings. The lowest BCUT2D eigenvalue weighted by Crippen LogP contribution is -2.50. The number of hydrogen-bond acceptors (Lipinski definition) is 3. The molecule has 7 heteroatoms. The fraction of sp³-hybridized carbons (Fsp3) is 0.350. The van der Waals surface area contributed by atoms with Crippen molar-refractivity contribution in [3.05, 3.63) is 65.7 Å². The second-order valence-corrected chi connectivity index (χ2v) is 8.73. The number of hydrogen-bond donors (Lipinski definition) is 2. The van der Waals surface area contributed by atoms with Crippen LogP contribution in [0.15, 0.2) is 59.5 Å². The van der Waals surface area contributed by atoms with Crippen LogP contribution in [-0.4, -0.2) is 31.5 Å². The number of carbonyl (C=O) groups is 1. The molecule has 6 nitrogen and oxygen atoms in total. The van der Waals surface area contributed by atoms with Gasteiger partial charge in [0.05, 0.1) is 17.1 Å². The monoisotopic (exact) mass is 387 g/mol. The first-order chi connectivity index (χ1) is 12.9. The van der Waals surface area contributed by atoms with E-state index >= 15 is 0 Å². The molecule has 3 rings (SSSR count). The highest BCUT2D eigenvalue weighted by molar-refractivity contribution is 7.89. The predicted molar refractivity (Wildman–Crippen MR) is 105 cm³/mol. The van der Waals surface area contributed by atoms with Crippen LogP contribution < -0.4 is 10.6 Å². The fourth-order valence-corrected chi connectivity index (χ4v) is 4.85. The molecule has 144 valence electrons. The molecule has 0 spiro atoms. The van der Waals surface area contributed by atoms with Crippen LogP contribution in [0.2, 0.25) is 0 Å². The van der Waals surface area contributed by atoms with Crippen molar-refractivity contribution >= 4 is 16.1 Å². The van der Waals surface area contributed by atoms with E-state index in [0.29, 0.717) is 19.4 Å². The number of amides is 2. The number of carbonyl (C=O) groups excluding carboxylic acids is 1. The lowest BCUT2D eigenvalue weighted by atomic mass is 10.1. The smallest absolute Gasteiger partial charge is 0.316 e. The molecule has 0 aliphatic carbocycles. The van der Waals surface area contributed by atoms with Crippen LogP contribution in [-0.2, 0) is 10.0 Å². The van der Waals surface area contributed by atoms with Gasteiger partial charge in [0, 0.05) is 6.54 Å². The Morgan fingerprint density at radius 1 is 1.11 bits per heavy atom. The van der Waals surface area contributed by atoms with Crippen LogP contribution in [0.25, 0.3) is 0 Å². The topological polar surface area (TPSA) is 78.5 Å². The van der Waals surface area contributed by atoms with E-state index in [-0.39, 0.29) is 17.0 Å². The van der Waals surface area contributed by atoms with E-state index in [9.17, 15) is 13.2 Å². The van der Waals surface area contributed by atoms with E-state index in [1.807, 2.05) is 44.2 Å². The van der Waals surface area contributed by atoms with Crippen molar-refractivity contribution in [2.45, 2.75) is 43.8 Å². The molecule has 1 fully saturated rings. The third-order valence-corrected chi connectivity index (χ3v) is 6.70. The van der Waals surface area contributed by atoms with Crippen molar-refractivity contribution in [1.29, 1.82) is 0 Å². The molecule has 2 aromatic carbocycles. The summed E-state index contributed by atoms with van der Waals surface area (Å²) < 4.78 is 27.3. The van der Waals surface area contributed by atoms with Gasteiger partial charge in [0.1, 0.15) is 0 Å². The normalized spacial score (nSPS) is 18.8. The molecule has 2 unspecified atom stereocenters. The van der Waals surface area contributed by atoms with Gasteiger partial charge in [-0.25, -0.2) is 13.2 Å². The molecular formula is C20H25N3O3S. The molecule has 0 saturated carbocycles. The third kappa shape index (κ3) is 4.48. The lowest BCUT2D eigenvalue weighted by molar-refractivity contribution is 0.225. The SMILES string of the molecule is Cc1ccc(S(=O)(=O)N2CCCC2NC(=O)NC(C)c2ccccc2)cc1. The van der Waals surface area contributed by atoms with Gasteiger partial charge in [0.2, 0.25) is 10.0 Å². The van der Waals surface area contributed by atoms with E-state index in [4.69, 9.17) is 0 Å². The Kier molecular flexibility index (Phi) is 5.82. The predicted octanol–water partition coefficient (Wildman–Crippen LogP) is 3.17. The highest BCUT2D eigenvalue weighted by Crippen LogP contribution is 2.25. The van der Waals surface area contributed by atoms with Crippen molar-refractivity contribution in [2.24, 2.45) is 0 Å². The van der Waals surface area contributed by atoms with Gasteiger partial charge in [-0.05, 0) is 44.4 Å². The van der Waals surface area contributed by atoms with Gasteiger partial charge in [-0.1, -0.05) is 48.0 Å². The minimum atomic E-state index is -3.64. The van der Waals surface area contributed by atoms with Crippen LogP contribution in [0.4, 0.5) is 4.79 Å². The Balaban J connectivity index is 1.67. The summed E-state index contributed by atoms with van der Waals surface area (Å²) in [5.41, 5.74) is 1.99. The molecule has 2 atom stereocenters. The van der Waals surface area contributed by atoms with Crippen molar-refractivity contribution in [2.75, 3.05) is 6.54 Å². The van der Waals surface area contributed by atoms with Crippen LogP contribution in [0.1, 0.15) is 36.9 Å². The zero-order chi connectivity index (χ0) is 19.4. The van der Waals surface area contributed by atoms with Gasteiger partial charge in [-0.2, -0.15) is 4.31 Å². The number of aryl methyl sites for hydroxylation is 1. The van der Waals surface area contributed by atoms with E-state index in [1.54, 1.807) is 24.3 Å². The number of sulfonamides is 1. The first-order valence-corrected chi connectivity index (χ1v) is 10.5. The second-order valence-electron chi connectivity index (χ2n) is 6.84. The number of nitrogens with zero attached hydrogens (tertiary/aromatic N) is 1. The number of benzene rings is 2. The molecular weight excluding hydrogens is 362 g/mol. The summed E-state index contributed by atoms with van der Waals surface area (Å²) in [6, 6.07) is 15.9. The third-order valence-electron chi connectivity index (χ3n) is 4.78. The van der Waals surface area contributed by atoms with Gasteiger partial charge >= 0.3 is 6.03 Å². The van der Waals surface area contributed by atoms with Crippen molar-refractivity contribution in [3.63, 3.8) is 0 Å². The van der Waals surface area contributed by atoms with Crippen LogP contribution in [0, 0.1) is 6.92 Å². The van der Waals surface area contributed by atoms with Crippen LogP contribution in [0.5, 0.6) is 0 Å². The Labute approximate surface area is 160 Å². The summed E-state index contributed by atoms with van der Waals surface area (Å²) in [6.07, 6.45) is 0.766. The molecule has 0 radical (unpaired) electrons. The Hall–Kier alpha value is -2.38. The van der Waals surface area contributed by atoms with Crippen molar-refractivity contribution in [1.82, 2.24) is 14.9 Å². The summed E-state index contributed by atoms with van der Waals surface area (Å²) >= 11 is 0. The number of rotatable bonds is 5. The maximum atomic E-state index is 12.9. The van der Waals surface area contributed by atoms with E-state index in [1.165, 1.54) is 4.31 Å². The van der Waals surface area contributed by atoms with E-state index < -0.39 is 16.2 Å². The number of nitrogens with one attached hydrogen (secondary N) is 2. The zero-order valence-corrected chi connectivity index (χ0v) is 16.4. The standard InChI is InChI=1S/C20H25N3O3S/c1-15-10-12-18(13-11-15)27(25,26)23-14-6-9-19(23)22-20(24)21-16(2)17-7-4-3-5-8-17/h3-5,7-8,10-13,16,19H,6,9,14H2,1-2H3,(H2,21,22,24). The molecule has 27 heavy (non-hydrogen) atoms. The average molecular weight is 388 g/mol. The number of urea groups is 1. The molecule has 1 aliphatic heterocycles. The summed E-state index contributed by atoms with van der Waals surface area (Å²) in [5.74, 6) is 0. The molecule has 2 amide bonds. The summed E-state index contributed by atoms with van der Waals surface area (Å²) in [4.78, 5) is 12.6. The maximum absolute atomic E-state index is 12.9. The molecule has 1 heterocycles. The Morgan fingerprint density at radius 3 is 2.44 bits per heavy atom. The van der Waals surface area contributed by atoms with Gasteiger partial charge in [-0.15, -0.1) is 0 Å². The second kappa shape index (κ2) is 8.10. The lowest BCUT2D eigenvalue weighted by Gasteiger charge is -2.26. The minimum Gasteiger partial charge on any atom is -0.332 e. The zero-order valence-electron chi connectivity index (χ0n) is 15.6. The highest BCUT2D eigenvalue weighted by Gasteiger charge is 2.36. The Morgan fingerprint density at radius 2 is 1.78 bits per heavy atom. The van der Waals surface area contributed by atoms with Crippen molar-refractivity contribution in [3.8, 4) is 0 Å². The first-order valence-electron chi connectivity index (χ1n) is 9.08. The van der Waals surface area contributed by atoms with E-state index in [2.05, 4.69) is 10.6 Å². The minimum absolute atomic E-state index is 0.172. The fourth-order valence-electron chi connectivity index (χ4n) is 3.23. The van der Waals surface area contributed by atoms with Gasteiger partial charge in [0.25, 0.3) is 0 Å². The average Bonchev–Trinajstić information content (AvgIpc) is 3.11. The summed E-state index contributed by atoms with van der Waals surface area (Å²) in [6.45, 7) is 4.20. The summed E-state index contributed by atoms with van der Waals surface area (Å²) in [5, 5.41) is 5.68. The molecule has 0 aromatic heterocycles. The van der Waals surface area contributed by atoms with Crippen molar-refractivity contribution < 1.29 is 13.2 Å².